The van der Waals surface area contributed by atoms with Crippen molar-refractivity contribution < 1.29 is 13.9 Å². The van der Waals surface area contributed by atoms with Gasteiger partial charge in [-0.15, -0.1) is 0 Å². The maximum atomic E-state index is 11.8. The predicted molar refractivity (Wildman–Crippen MR) is 67.9 cm³/mol. The lowest BCUT2D eigenvalue weighted by Crippen LogP contribution is -2.08. The van der Waals surface area contributed by atoms with Crippen LogP contribution in [0.3, 0.4) is 0 Å². The summed E-state index contributed by atoms with van der Waals surface area (Å²) in [4.78, 5) is 19.9. The van der Waals surface area contributed by atoms with Crippen molar-refractivity contribution in [3.05, 3.63) is 54.2 Å². The molecule has 0 aliphatic heterocycles. The van der Waals surface area contributed by atoms with E-state index < -0.39 is 5.97 Å². The van der Waals surface area contributed by atoms with Gasteiger partial charge in [-0.1, -0.05) is 0 Å². The van der Waals surface area contributed by atoms with Crippen molar-refractivity contribution in [1.29, 1.82) is 0 Å². The number of nitrogens with zero attached hydrogens (tertiary/aromatic N) is 2. The van der Waals surface area contributed by atoms with Gasteiger partial charge in [0.15, 0.2) is 11.5 Å². The fourth-order valence-corrected chi connectivity index (χ4v) is 1.73. The summed E-state index contributed by atoms with van der Waals surface area (Å²) in [6, 6.07) is 8.39. The van der Waals surface area contributed by atoms with Crippen molar-refractivity contribution in [2.45, 2.75) is 6.92 Å². The van der Waals surface area contributed by atoms with Crippen LogP contribution in [0.4, 0.5) is 0 Å². The third-order valence-corrected chi connectivity index (χ3v) is 2.57. The molecule has 2 heterocycles. The lowest BCUT2D eigenvalue weighted by Gasteiger charge is -2.03. The lowest BCUT2D eigenvalue weighted by molar-refractivity contribution is 0.0734. The highest BCUT2D eigenvalue weighted by atomic mass is 16.5. The second-order valence-corrected chi connectivity index (χ2v) is 3.99. The summed E-state index contributed by atoms with van der Waals surface area (Å²) in [5.41, 5.74) is 1.73. The summed E-state index contributed by atoms with van der Waals surface area (Å²) < 4.78 is 10.6. The standard InChI is InChI=1S/C14H10N2O3/c1-9-16-12-5-4-11(7-13(12)18-9)19-14(17)10-3-2-6-15-8-10/h2-8H,1H3. The van der Waals surface area contributed by atoms with Crippen molar-refractivity contribution in [2.24, 2.45) is 0 Å². The van der Waals surface area contributed by atoms with Crippen molar-refractivity contribution >= 4 is 17.1 Å². The van der Waals surface area contributed by atoms with Gasteiger partial charge in [-0.2, -0.15) is 0 Å². The molecule has 0 saturated carbocycles. The average molecular weight is 254 g/mol. The quantitative estimate of drug-likeness (QED) is 0.519. The summed E-state index contributed by atoms with van der Waals surface area (Å²) in [5, 5.41) is 0. The van der Waals surface area contributed by atoms with Gasteiger partial charge in [-0.25, -0.2) is 9.78 Å². The molecule has 0 bridgehead atoms. The topological polar surface area (TPSA) is 65.2 Å². The Morgan fingerprint density at radius 2 is 2.21 bits per heavy atom. The zero-order valence-electron chi connectivity index (χ0n) is 10.2. The minimum Gasteiger partial charge on any atom is -0.441 e. The molecule has 5 nitrogen and oxygen atoms in total. The molecule has 19 heavy (non-hydrogen) atoms. The first-order valence-electron chi connectivity index (χ1n) is 5.72. The molecule has 0 aliphatic rings. The van der Waals surface area contributed by atoms with Gasteiger partial charge in [-0.05, 0) is 24.3 Å². The van der Waals surface area contributed by atoms with Crippen LogP contribution < -0.4 is 4.74 Å². The number of oxazole rings is 1. The summed E-state index contributed by atoms with van der Waals surface area (Å²) in [6.45, 7) is 1.77. The second-order valence-electron chi connectivity index (χ2n) is 3.99. The van der Waals surface area contributed by atoms with Crippen LogP contribution in [0.5, 0.6) is 5.75 Å². The highest BCUT2D eigenvalue weighted by molar-refractivity contribution is 5.91. The number of ether oxygens (including phenoxy) is 1. The van der Waals surface area contributed by atoms with Gasteiger partial charge in [0.1, 0.15) is 11.3 Å². The molecule has 1 aromatic carbocycles. The number of rotatable bonds is 2. The van der Waals surface area contributed by atoms with Crippen molar-refractivity contribution in [2.75, 3.05) is 0 Å². The molecule has 0 radical (unpaired) electrons. The second kappa shape index (κ2) is 4.53. The Kier molecular flexibility index (Phi) is 2.72. The first-order chi connectivity index (χ1) is 9.22. The molecule has 2 aromatic heterocycles. The normalized spacial score (nSPS) is 10.6. The SMILES string of the molecule is Cc1nc2ccc(OC(=O)c3cccnc3)cc2o1. The Labute approximate surface area is 108 Å². The Morgan fingerprint density at radius 1 is 1.32 bits per heavy atom. The largest absolute Gasteiger partial charge is 0.441 e. The molecule has 0 unspecified atom stereocenters. The Balaban J connectivity index is 1.87. The third kappa shape index (κ3) is 2.30. The van der Waals surface area contributed by atoms with Crippen LogP contribution in [0.15, 0.2) is 47.1 Å². The number of benzene rings is 1. The number of carbonyl (C=O) groups excluding carboxylic acids is 1. The van der Waals surface area contributed by atoms with Gasteiger partial charge in [0, 0.05) is 25.4 Å². The predicted octanol–water partition coefficient (Wildman–Crippen LogP) is 2.75. The number of pyridine rings is 1. The molecular weight excluding hydrogens is 244 g/mol. The lowest BCUT2D eigenvalue weighted by atomic mass is 10.3. The molecule has 94 valence electrons. The maximum absolute atomic E-state index is 11.8. The monoisotopic (exact) mass is 254 g/mol. The van der Waals surface area contributed by atoms with Crippen molar-refractivity contribution in [3.63, 3.8) is 0 Å². The van der Waals surface area contributed by atoms with Crippen LogP contribution in [-0.2, 0) is 0 Å². The fraction of sp³-hybridized carbons (Fsp3) is 0.0714. The van der Waals surface area contributed by atoms with E-state index in [-0.39, 0.29) is 0 Å². The molecule has 0 atom stereocenters. The first-order valence-corrected chi connectivity index (χ1v) is 5.72. The third-order valence-electron chi connectivity index (χ3n) is 2.57. The fourth-order valence-electron chi connectivity index (χ4n) is 1.73. The number of aromatic nitrogens is 2. The number of carbonyl (C=O) groups is 1. The van der Waals surface area contributed by atoms with Crippen LogP contribution in [-0.4, -0.2) is 15.9 Å². The highest BCUT2D eigenvalue weighted by Crippen LogP contribution is 2.22. The van der Waals surface area contributed by atoms with Gasteiger partial charge < -0.3 is 9.15 Å². The zero-order chi connectivity index (χ0) is 13.2. The summed E-state index contributed by atoms with van der Waals surface area (Å²) in [7, 11) is 0. The van der Waals surface area contributed by atoms with Crippen LogP contribution in [0.1, 0.15) is 16.2 Å². The van der Waals surface area contributed by atoms with Gasteiger partial charge in [0.25, 0.3) is 0 Å². The van der Waals surface area contributed by atoms with Gasteiger partial charge in [0.2, 0.25) is 0 Å². The van der Waals surface area contributed by atoms with Gasteiger partial charge >= 0.3 is 5.97 Å². The van der Waals surface area contributed by atoms with Crippen molar-refractivity contribution in [1.82, 2.24) is 9.97 Å². The molecule has 0 aliphatic carbocycles. The molecule has 0 amide bonds. The highest BCUT2D eigenvalue weighted by Gasteiger charge is 2.10. The smallest absolute Gasteiger partial charge is 0.345 e. The summed E-state index contributed by atoms with van der Waals surface area (Å²) in [5.74, 6) is 0.534. The molecule has 0 N–H and O–H groups in total. The average Bonchev–Trinajstić information content (AvgIpc) is 2.79. The van der Waals surface area contributed by atoms with Gasteiger partial charge in [-0.3, -0.25) is 4.98 Å². The van der Waals surface area contributed by atoms with E-state index in [4.69, 9.17) is 9.15 Å². The van der Waals surface area contributed by atoms with Crippen LogP contribution in [0, 0.1) is 6.92 Å². The molecule has 0 fully saturated rings. The minimum absolute atomic E-state index is 0.399. The van der Waals surface area contributed by atoms with Crippen LogP contribution >= 0.6 is 0 Å². The van der Waals surface area contributed by atoms with E-state index in [1.54, 1.807) is 43.5 Å². The number of hydrogen-bond donors (Lipinski definition) is 0. The molecule has 0 spiro atoms. The van der Waals surface area contributed by atoms with E-state index in [9.17, 15) is 4.79 Å². The Hall–Kier alpha value is -2.69. The number of aryl methyl sites for hydroxylation is 1. The summed E-state index contributed by atoms with van der Waals surface area (Å²) >= 11 is 0. The number of fused-ring (bicyclic) bond motifs is 1. The molecular formula is C14H10N2O3. The first kappa shape index (κ1) is 11.4. The molecule has 3 rings (SSSR count). The number of esters is 1. The Morgan fingerprint density at radius 3 is 3.00 bits per heavy atom. The molecule has 0 saturated heterocycles. The van der Waals surface area contributed by atoms with E-state index in [2.05, 4.69) is 9.97 Å². The van der Waals surface area contributed by atoms with E-state index in [1.807, 2.05) is 0 Å². The minimum atomic E-state index is -0.455. The molecule has 5 heteroatoms. The summed E-state index contributed by atoms with van der Waals surface area (Å²) in [6.07, 6.45) is 3.06. The van der Waals surface area contributed by atoms with E-state index in [1.165, 1.54) is 6.20 Å². The van der Waals surface area contributed by atoms with Crippen LogP contribution in [0.25, 0.3) is 11.1 Å². The molecule has 3 aromatic rings. The van der Waals surface area contributed by atoms with E-state index in [0.29, 0.717) is 22.8 Å². The Bertz CT molecular complexity index is 735. The van der Waals surface area contributed by atoms with Gasteiger partial charge in [0.05, 0.1) is 5.56 Å². The van der Waals surface area contributed by atoms with Crippen molar-refractivity contribution in [3.8, 4) is 5.75 Å². The van der Waals surface area contributed by atoms with E-state index in [0.717, 1.165) is 5.52 Å². The maximum Gasteiger partial charge on any atom is 0.345 e. The van der Waals surface area contributed by atoms with E-state index >= 15 is 0 Å². The van der Waals surface area contributed by atoms with Crippen LogP contribution in [0.2, 0.25) is 0 Å². The zero-order valence-corrected chi connectivity index (χ0v) is 10.2. The number of hydrogen-bond acceptors (Lipinski definition) is 5.